The fourth-order valence-corrected chi connectivity index (χ4v) is 8.76. The van der Waals surface area contributed by atoms with Gasteiger partial charge in [-0.15, -0.1) is 54.1 Å². The van der Waals surface area contributed by atoms with E-state index in [0.29, 0.717) is 11.6 Å². The second-order valence-electron chi connectivity index (χ2n) is 16.6. The Kier molecular flexibility index (Phi) is 12.5. The maximum absolute atomic E-state index is 6.28. The van der Waals surface area contributed by atoms with Gasteiger partial charge in [-0.2, -0.15) is 0 Å². The number of pyridine rings is 3. The molecule has 7 rings (SSSR count). The molecular formula is C45H53IrN3OSi-2. The van der Waals surface area contributed by atoms with Crippen molar-refractivity contribution in [1.29, 1.82) is 0 Å². The van der Waals surface area contributed by atoms with E-state index in [0.717, 1.165) is 63.3 Å². The Morgan fingerprint density at radius 3 is 2.33 bits per heavy atom. The van der Waals surface area contributed by atoms with Gasteiger partial charge in [-0.3, -0.25) is 0 Å². The molecule has 0 bridgehead atoms. The van der Waals surface area contributed by atoms with Crippen LogP contribution in [0.5, 0.6) is 0 Å². The Hall–Kier alpha value is -3.44. The van der Waals surface area contributed by atoms with Crippen molar-refractivity contribution >= 4 is 35.3 Å². The molecule has 269 valence electrons. The average molecular weight is 872 g/mol. The van der Waals surface area contributed by atoms with Crippen LogP contribution in [0.1, 0.15) is 83.5 Å². The first kappa shape index (κ1) is 38.8. The summed E-state index contributed by atoms with van der Waals surface area (Å²) in [5.74, 6) is 1.47. The Morgan fingerprint density at radius 1 is 0.863 bits per heavy atom. The third-order valence-corrected chi connectivity index (χ3v) is 11.9. The number of nitrogens with zero attached hydrogens (tertiary/aromatic N) is 3. The fraction of sp³-hybridized carbons (Fsp3) is 0.400. The summed E-state index contributed by atoms with van der Waals surface area (Å²) in [5, 5.41) is 3.61. The third-order valence-electron chi connectivity index (χ3n) is 9.81. The molecule has 1 saturated carbocycles. The second kappa shape index (κ2) is 16.5. The number of aromatic nitrogens is 3. The molecule has 6 heteroatoms. The SMILES string of the molecule is CC(C)(C)c1ccc2c(n1)oc1c(-c3cc(CC4CCCCC4)ccn3)[c-]ccc12.CC(C)Cc1cc(-c2[c-]cccc2)ncc1[Si](C)(C)C.[Ir]. The van der Waals surface area contributed by atoms with E-state index in [1.165, 1.54) is 48.4 Å². The first-order valence-electron chi connectivity index (χ1n) is 18.5. The van der Waals surface area contributed by atoms with Gasteiger partial charge in [0.15, 0.2) is 0 Å². The predicted octanol–water partition coefficient (Wildman–Crippen LogP) is 11.6. The summed E-state index contributed by atoms with van der Waals surface area (Å²) in [6.07, 6.45) is 13.2. The molecule has 2 aromatic carbocycles. The van der Waals surface area contributed by atoms with Crippen molar-refractivity contribution < 1.29 is 24.5 Å². The van der Waals surface area contributed by atoms with Gasteiger partial charge in [0, 0.05) is 49.0 Å². The number of rotatable bonds is 7. The van der Waals surface area contributed by atoms with E-state index >= 15 is 0 Å². The van der Waals surface area contributed by atoms with Gasteiger partial charge in [-0.05, 0) is 59.5 Å². The number of furan rings is 1. The van der Waals surface area contributed by atoms with Crippen LogP contribution in [-0.2, 0) is 38.4 Å². The van der Waals surface area contributed by atoms with Gasteiger partial charge >= 0.3 is 0 Å². The van der Waals surface area contributed by atoms with E-state index in [4.69, 9.17) is 9.40 Å². The molecule has 0 atom stereocenters. The monoisotopic (exact) mass is 872 g/mol. The minimum atomic E-state index is -1.34. The summed E-state index contributed by atoms with van der Waals surface area (Å²) in [4.78, 5) is 14.2. The summed E-state index contributed by atoms with van der Waals surface area (Å²) in [6.45, 7) is 18.2. The minimum absolute atomic E-state index is 0. The second-order valence-corrected chi connectivity index (χ2v) is 21.6. The zero-order valence-electron chi connectivity index (χ0n) is 31.7. The quantitative estimate of drug-likeness (QED) is 0.118. The predicted molar refractivity (Wildman–Crippen MR) is 213 cm³/mol. The van der Waals surface area contributed by atoms with Crippen molar-refractivity contribution in [2.45, 2.75) is 105 Å². The first-order valence-corrected chi connectivity index (χ1v) is 22.0. The number of hydrogen-bond acceptors (Lipinski definition) is 4. The van der Waals surface area contributed by atoms with Crippen molar-refractivity contribution in [2.24, 2.45) is 11.8 Å². The molecule has 1 aliphatic rings. The van der Waals surface area contributed by atoms with Gasteiger partial charge < -0.3 is 14.4 Å². The summed E-state index contributed by atoms with van der Waals surface area (Å²) in [7, 11) is -1.34. The van der Waals surface area contributed by atoms with Gasteiger partial charge in [-0.1, -0.05) is 121 Å². The molecule has 0 aliphatic heterocycles. The molecule has 51 heavy (non-hydrogen) atoms. The van der Waals surface area contributed by atoms with Crippen LogP contribution in [0.3, 0.4) is 0 Å². The van der Waals surface area contributed by atoms with Crippen molar-refractivity contribution in [2.75, 3.05) is 0 Å². The Balaban J connectivity index is 0.000000211. The average Bonchev–Trinajstić information content (AvgIpc) is 3.47. The van der Waals surface area contributed by atoms with E-state index in [1.807, 2.05) is 30.5 Å². The van der Waals surface area contributed by atoms with Crippen molar-refractivity contribution in [3.63, 3.8) is 0 Å². The van der Waals surface area contributed by atoms with Crippen LogP contribution < -0.4 is 5.19 Å². The molecule has 0 amide bonds. The standard InChI is InChI=1S/C27H29N2O.C18H24NSi.Ir/c1-27(2,3)24-13-12-21-20-10-7-11-22(25(20)30-26(21)29-24)23-17-19(14-15-28-23)16-18-8-5-4-6-9-18;1-14(2)11-16-12-17(15-9-7-6-8-10-15)19-13-18(16)20(3,4)5;/h7,10,12-15,17-18H,4-6,8-9,16H2,1-3H3;6-9,12-14H,11H2,1-5H3;/q2*-1;. The zero-order chi connectivity index (χ0) is 35.5. The first-order chi connectivity index (χ1) is 23.9. The summed E-state index contributed by atoms with van der Waals surface area (Å²) >= 11 is 0. The van der Waals surface area contributed by atoms with Crippen LogP contribution in [0.2, 0.25) is 19.6 Å². The molecule has 0 spiro atoms. The largest absolute Gasteiger partial charge is 0.486 e. The molecule has 0 saturated heterocycles. The maximum atomic E-state index is 6.28. The van der Waals surface area contributed by atoms with Crippen molar-refractivity contribution in [3.8, 4) is 22.5 Å². The summed E-state index contributed by atoms with van der Waals surface area (Å²) < 4.78 is 6.28. The number of benzene rings is 2. The van der Waals surface area contributed by atoms with Gasteiger partial charge in [0.25, 0.3) is 0 Å². The van der Waals surface area contributed by atoms with Crippen LogP contribution >= 0.6 is 0 Å². The molecule has 4 nitrogen and oxygen atoms in total. The number of fused-ring (bicyclic) bond motifs is 3. The molecule has 0 unspecified atom stereocenters. The van der Waals surface area contributed by atoms with Gasteiger partial charge in [-0.25, -0.2) is 4.98 Å². The van der Waals surface area contributed by atoms with Gasteiger partial charge in [0.1, 0.15) is 0 Å². The van der Waals surface area contributed by atoms with E-state index in [1.54, 1.807) is 0 Å². The smallest absolute Gasteiger partial charge is 0.216 e. The molecular weight excluding hydrogens is 819 g/mol. The molecule has 4 heterocycles. The van der Waals surface area contributed by atoms with Crippen LogP contribution in [0.25, 0.3) is 44.6 Å². The van der Waals surface area contributed by atoms with Gasteiger partial charge in [0.05, 0.1) is 13.7 Å². The molecule has 1 radical (unpaired) electrons. The Labute approximate surface area is 320 Å². The van der Waals surface area contributed by atoms with Crippen molar-refractivity contribution in [1.82, 2.24) is 15.0 Å². The van der Waals surface area contributed by atoms with E-state index < -0.39 is 8.07 Å². The molecule has 1 fully saturated rings. The van der Waals surface area contributed by atoms with Gasteiger partial charge in [0.2, 0.25) is 5.71 Å². The Morgan fingerprint density at radius 2 is 1.65 bits per heavy atom. The van der Waals surface area contributed by atoms with Crippen molar-refractivity contribution in [3.05, 3.63) is 108 Å². The third kappa shape index (κ3) is 9.52. The maximum Gasteiger partial charge on any atom is 0.216 e. The number of hydrogen-bond donors (Lipinski definition) is 0. The van der Waals surface area contributed by atoms with E-state index in [-0.39, 0.29) is 25.5 Å². The molecule has 0 N–H and O–H groups in total. The van der Waals surface area contributed by atoms with Crippen LogP contribution in [-0.4, -0.2) is 23.0 Å². The summed E-state index contributed by atoms with van der Waals surface area (Å²) in [5.41, 5.74) is 9.36. The molecule has 1 aliphatic carbocycles. The fourth-order valence-electron chi connectivity index (χ4n) is 7.17. The molecule has 6 aromatic rings. The summed E-state index contributed by atoms with van der Waals surface area (Å²) in [6, 6.07) is 29.7. The minimum Gasteiger partial charge on any atom is -0.486 e. The molecule has 4 aromatic heterocycles. The normalized spacial score (nSPS) is 14.0. The Bertz CT molecular complexity index is 2050. The topological polar surface area (TPSA) is 51.8 Å². The van der Waals surface area contributed by atoms with Crippen LogP contribution in [0, 0.1) is 24.0 Å². The van der Waals surface area contributed by atoms with Crippen LogP contribution in [0.15, 0.2) is 83.5 Å². The van der Waals surface area contributed by atoms with E-state index in [9.17, 15) is 0 Å². The van der Waals surface area contributed by atoms with E-state index in [2.05, 4.69) is 125 Å². The zero-order valence-corrected chi connectivity index (χ0v) is 35.1. The van der Waals surface area contributed by atoms with Crippen LogP contribution in [0.4, 0.5) is 0 Å².